The maximum absolute atomic E-state index is 13.0. The van der Waals surface area contributed by atoms with E-state index in [1.54, 1.807) is 24.2 Å². The lowest BCUT2D eigenvalue weighted by atomic mass is 10.2. The second kappa shape index (κ2) is 8.22. The van der Waals surface area contributed by atoms with Crippen LogP contribution in [0.15, 0.2) is 61.1 Å². The highest BCUT2D eigenvalue weighted by Crippen LogP contribution is 2.22. The largest absolute Gasteiger partial charge is 0.493 e. The number of carbonyl (C=O) groups is 1. The van der Waals surface area contributed by atoms with Gasteiger partial charge in [0.25, 0.3) is 5.91 Å². The highest BCUT2D eigenvalue weighted by atomic mass is 16.5. The predicted molar refractivity (Wildman–Crippen MR) is 106 cm³/mol. The number of hydrogen-bond acceptors (Lipinski definition) is 5. The Bertz CT molecular complexity index is 918. The van der Waals surface area contributed by atoms with E-state index < -0.39 is 0 Å². The predicted octanol–water partition coefficient (Wildman–Crippen LogP) is 2.23. The molecule has 144 valence electrons. The van der Waals surface area contributed by atoms with Crippen molar-refractivity contribution >= 4 is 5.91 Å². The van der Waals surface area contributed by atoms with Gasteiger partial charge in [0, 0.05) is 45.1 Å². The summed E-state index contributed by atoms with van der Waals surface area (Å²) in [6.45, 7) is 3.83. The molecule has 4 rings (SSSR count). The lowest BCUT2D eigenvalue weighted by Gasteiger charge is -2.34. The van der Waals surface area contributed by atoms with Crippen LogP contribution in [0, 0.1) is 0 Å². The fourth-order valence-electron chi connectivity index (χ4n) is 3.38. The van der Waals surface area contributed by atoms with E-state index in [4.69, 9.17) is 4.74 Å². The number of carbonyl (C=O) groups excluding carboxylic acids is 1. The number of piperazine rings is 1. The van der Waals surface area contributed by atoms with Crippen LogP contribution in [0.3, 0.4) is 0 Å². The van der Waals surface area contributed by atoms with Crippen LogP contribution in [0.1, 0.15) is 16.1 Å². The molecule has 1 aliphatic rings. The normalized spacial score (nSPS) is 14.8. The molecule has 2 aromatic heterocycles. The van der Waals surface area contributed by atoms with Gasteiger partial charge >= 0.3 is 0 Å². The number of aromatic nitrogens is 3. The summed E-state index contributed by atoms with van der Waals surface area (Å²) in [5.74, 6) is 0.402. The Morgan fingerprint density at radius 3 is 2.54 bits per heavy atom. The van der Waals surface area contributed by atoms with E-state index in [9.17, 15) is 4.79 Å². The van der Waals surface area contributed by atoms with Crippen molar-refractivity contribution in [2.45, 2.75) is 6.54 Å². The SMILES string of the molecule is COc1cn(-c2ccccc2)nc1C(=O)N1CCN(Cc2cccnc2)CC1. The summed E-state index contributed by atoms with van der Waals surface area (Å²) in [5, 5.41) is 4.49. The minimum Gasteiger partial charge on any atom is -0.493 e. The van der Waals surface area contributed by atoms with E-state index in [0.29, 0.717) is 24.5 Å². The highest BCUT2D eigenvalue weighted by Gasteiger charge is 2.27. The molecule has 28 heavy (non-hydrogen) atoms. The first-order valence-electron chi connectivity index (χ1n) is 9.34. The third-order valence-corrected chi connectivity index (χ3v) is 4.91. The summed E-state index contributed by atoms with van der Waals surface area (Å²) in [6, 6.07) is 13.7. The molecule has 3 heterocycles. The van der Waals surface area contributed by atoms with Gasteiger partial charge in [-0.1, -0.05) is 24.3 Å². The van der Waals surface area contributed by atoms with Crippen molar-refractivity contribution in [3.8, 4) is 11.4 Å². The minimum atomic E-state index is -0.0902. The maximum Gasteiger partial charge on any atom is 0.278 e. The van der Waals surface area contributed by atoms with Gasteiger partial charge in [0.15, 0.2) is 11.4 Å². The second-order valence-electron chi connectivity index (χ2n) is 6.76. The van der Waals surface area contributed by atoms with E-state index >= 15 is 0 Å². The molecule has 0 radical (unpaired) electrons. The summed E-state index contributed by atoms with van der Waals surface area (Å²) >= 11 is 0. The van der Waals surface area contributed by atoms with Crippen molar-refractivity contribution < 1.29 is 9.53 Å². The van der Waals surface area contributed by atoms with Gasteiger partial charge in [0.05, 0.1) is 19.0 Å². The molecule has 0 saturated carbocycles. The van der Waals surface area contributed by atoms with Crippen LogP contribution in [0.2, 0.25) is 0 Å². The van der Waals surface area contributed by atoms with Crippen LogP contribution in [0.25, 0.3) is 5.69 Å². The molecule has 7 heteroatoms. The summed E-state index contributed by atoms with van der Waals surface area (Å²) in [7, 11) is 1.56. The molecule has 0 bridgehead atoms. The molecule has 0 spiro atoms. The van der Waals surface area contributed by atoms with Crippen molar-refractivity contribution in [3.63, 3.8) is 0 Å². The summed E-state index contributed by atoms with van der Waals surface area (Å²) in [5.41, 5.74) is 2.43. The second-order valence-corrected chi connectivity index (χ2v) is 6.76. The van der Waals surface area contributed by atoms with Gasteiger partial charge in [-0.15, -0.1) is 0 Å². The smallest absolute Gasteiger partial charge is 0.278 e. The number of benzene rings is 1. The zero-order valence-corrected chi connectivity index (χ0v) is 15.9. The first-order valence-corrected chi connectivity index (χ1v) is 9.34. The molecule has 0 aliphatic carbocycles. The lowest BCUT2D eigenvalue weighted by molar-refractivity contribution is 0.0619. The molecule has 1 aliphatic heterocycles. The Kier molecular flexibility index (Phi) is 5.34. The van der Waals surface area contributed by atoms with E-state index in [1.165, 1.54) is 5.56 Å². The van der Waals surface area contributed by atoms with Crippen molar-refractivity contribution in [2.75, 3.05) is 33.3 Å². The van der Waals surface area contributed by atoms with Crippen LogP contribution < -0.4 is 4.74 Å². The molecule has 0 unspecified atom stereocenters. The van der Waals surface area contributed by atoms with Crippen molar-refractivity contribution in [1.29, 1.82) is 0 Å². The summed E-state index contributed by atoms with van der Waals surface area (Å²) in [6.07, 6.45) is 5.42. The Morgan fingerprint density at radius 2 is 1.86 bits per heavy atom. The van der Waals surface area contributed by atoms with Gasteiger partial charge in [-0.25, -0.2) is 4.68 Å². The number of rotatable bonds is 5. The minimum absolute atomic E-state index is 0.0902. The molecule has 1 aromatic carbocycles. The van der Waals surface area contributed by atoms with Gasteiger partial charge in [-0.2, -0.15) is 5.10 Å². The average molecular weight is 377 g/mol. The number of pyridine rings is 1. The average Bonchev–Trinajstić information content (AvgIpc) is 3.20. The topological polar surface area (TPSA) is 63.5 Å². The molecule has 1 fully saturated rings. The van der Waals surface area contributed by atoms with Gasteiger partial charge in [-0.3, -0.25) is 14.7 Å². The zero-order valence-electron chi connectivity index (χ0n) is 15.9. The van der Waals surface area contributed by atoms with E-state index in [1.807, 2.05) is 47.5 Å². The monoisotopic (exact) mass is 377 g/mol. The number of amides is 1. The first-order chi connectivity index (χ1) is 13.7. The van der Waals surface area contributed by atoms with Crippen molar-refractivity contribution in [1.82, 2.24) is 24.6 Å². The fourth-order valence-corrected chi connectivity index (χ4v) is 3.38. The van der Waals surface area contributed by atoms with Gasteiger partial charge < -0.3 is 9.64 Å². The van der Waals surface area contributed by atoms with Crippen LogP contribution in [0.5, 0.6) is 5.75 Å². The Balaban J connectivity index is 1.43. The third-order valence-electron chi connectivity index (χ3n) is 4.91. The van der Waals surface area contributed by atoms with Crippen molar-refractivity contribution in [3.05, 3.63) is 72.3 Å². The first kappa shape index (κ1) is 18.2. The van der Waals surface area contributed by atoms with E-state index in [-0.39, 0.29) is 5.91 Å². The molecule has 1 saturated heterocycles. The van der Waals surface area contributed by atoms with E-state index in [0.717, 1.165) is 25.3 Å². The summed E-state index contributed by atoms with van der Waals surface area (Å²) in [4.78, 5) is 21.4. The molecule has 7 nitrogen and oxygen atoms in total. The Morgan fingerprint density at radius 1 is 1.07 bits per heavy atom. The Labute approximate surface area is 164 Å². The molecule has 1 amide bonds. The quantitative estimate of drug-likeness (QED) is 0.682. The maximum atomic E-state index is 13.0. The number of methoxy groups -OCH3 is 1. The van der Waals surface area contributed by atoms with Gasteiger partial charge in [0.2, 0.25) is 0 Å². The van der Waals surface area contributed by atoms with Crippen LogP contribution in [-0.2, 0) is 6.54 Å². The number of ether oxygens (including phenoxy) is 1. The number of hydrogen-bond donors (Lipinski definition) is 0. The third kappa shape index (κ3) is 3.89. The number of nitrogens with zero attached hydrogens (tertiary/aromatic N) is 5. The number of para-hydroxylation sites is 1. The van der Waals surface area contributed by atoms with Gasteiger partial charge in [0.1, 0.15) is 0 Å². The fraction of sp³-hybridized carbons (Fsp3) is 0.286. The highest BCUT2D eigenvalue weighted by molar-refractivity contribution is 5.95. The van der Waals surface area contributed by atoms with Crippen molar-refractivity contribution in [2.24, 2.45) is 0 Å². The van der Waals surface area contributed by atoms with Crippen LogP contribution in [-0.4, -0.2) is 63.8 Å². The van der Waals surface area contributed by atoms with Crippen LogP contribution >= 0.6 is 0 Å². The zero-order chi connectivity index (χ0) is 19.3. The molecular formula is C21H23N5O2. The standard InChI is InChI=1S/C21H23N5O2/c1-28-19-16-26(18-7-3-2-4-8-18)23-20(19)21(27)25-12-10-24(11-13-25)15-17-6-5-9-22-14-17/h2-9,14,16H,10-13,15H2,1H3. The summed E-state index contributed by atoms with van der Waals surface area (Å²) < 4.78 is 7.10. The van der Waals surface area contributed by atoms with Gasteiger partial charge in [-0.05, 0) is 23.8 Å². The molecule has 3 aromatic rings. The molecule has 0 N–H and O–H groups in total. The Hall–Kier alpha value is -3.19. The lowest BCUT2D eigenvalue weighted by Crippen LogP contribution is -2.48. The molecule has 0 atom stereocenters. The molecular weight excluding hydrogens is 354 g/mol. The van der Waals surface area contributed by atoms with Crippen LogP contribution in [0.4, 0.5) is 0 Å². The van der Waals surface area contributed by atoms with E-state index in [2.05, 4.69) is 21.0 Å².